The molecule has 2 nitrogen and oxygen atoms in total. The molecule has 0 aliphatic carbocycles. The minimum Gasteiger partial charge on any atom is -0.291 e. The van der Waals surface area contributed by atoms with Gasteiger partial charge in [-0.1, -0.05) is 15.9 Å². The fourth-order valence-electron chi connectivity index (χ4n) is 1.26. The normalized spacial score (nSPS) is 10.5. The van der Waals surface area contributed by atoms with Gasteiger partial charge in [-0.05, 0) is 18.2 Å². The summed E-state index contributed by atoms with van der Waals surface area (Å²) in [5.74, 6) is -0.749. The van der Waals surface area contributed by atoms with Gasteiger partial charge in [0.15, 0.2) is 5.78 Å². The van der Waals surface area contributed by atoms with E-state index in [2.05, 4.69) is 20.9 Å². The lowest BCUT2D eigenvalue weighted by Crippen LogP contribution is -2.00. The molecule has 0 spiro atoms. The lowest BCUT2D eigenvalue weighted by atomic mass is 10.2. The molecule has 0 N–H and O–H groups in total. The first-order valence-electron chi connectivity index (χ1n) is 4.62. The molecule has 17 heavy (non-hydrogen) atoms. The Kier molecular flexibility index (Phi) is 3.91. The van der Waals surface area contributed by atoms with Crippen molar-refractivity contribution in [2.45, 2.75) is 0 Å². The molecule has 0 saturated carbocycles. The third kappa shape index (κ3) is 2.73. The Morgan fingerprint density at radius 1 is 1.53 bits per heavy atom. The number of nitrogens with zero attached hydrogens (tertiary/aromatic N) is 1. The Labute approximate surface area is 115 Å². The summed E-state index contributed by atoms with van der Waals surface area (Å²) in [6.45, 7) is 0. The summed E-state index contributed by atoms with van der Waals surface area (Å²) in [5, 5.41) is 2.05. The number of hydrogen-bond acceptors (Lipinski definition) is 3. The second-order valence-corrected chi connectivity index (χ2v) is 5.26. The van der Waals surface area contributed by atoms with Crippen molar-refractivity contribution in [1.82, 2.24) is 4.98 Å². The number of carbonyl (C=O) groups excluding carboxylic acids is 1. The molecule has 2 aromatic rings. The molecule has 0 amide bonds. The zero-order valence-electron chi connectivity index (χ0n) is 8.41. The van der Waals surface area contributed by atoms with Crippen LogP contribution in [0.3, 0.4) is 0 Å². The number of thiazole rings is 1. The van der Waals surface area contributed by atoms with Crippen molar-refractivity contribution in [3.8, 4) is 10.6 Å². The van der Waals surface area contributed by atoms with Crippen LogP contribution in [-0.2, 0) is 0 Å². The first-order valence-corrected chi connectivity index (χ1v) is 6.82. The minimum atomic E-state index is -0.368. The molecule has 88 valence electrons. The Balaban J connectivity index is 2.43. The fourth-order valence-corrected chi connectivity index (χ4v) is 2.60. The van der Waals surface area contributed by atoms with Gasteiger partial charge in [-0.15, -0.1) is 22.9 Å². The number of benzene rings is 1. The summed E-state index contributed by atoms with van der Waals surface area (Å²) in [7, 11) is 0. The van der Waals surface area contributed by atoms with Crippen LogP contribution >= 0.6 is 38.9 Å². The second kappa shape index (κ2) is 5.25. The highest BCUT2D eigenvalue weighted by atomic mass is 79.9. The van der Waals surface area contributed by atoms with Crippen molar-refractivity contribution >= 4 is 44.7 Å². The Morgan fingerprint density at radius 2 is 2.29 bits per heavy atom. The van der Waals surface area contributed by atoms with Crippen LogP contribution in [0.2, 0.25) is 0 Å². The van der Waals surface area contributed by atoms with Gasteiger partial charge in [-0.3, -0.25) is 4.79 Å². The zero-order valence-corrected chi connectivity index (χ0v) is 11.6. The lowest BCUT2D eigenvalue weighted by molar-refractivity contribution is 0.101. The van der Waals surface area contributed by atoms with Gasteiger partial charge in [-0.2, -0.15) is 0 Å². The SMILES string of the molecule is O=C(CCl)c1csc(-c2cc(Br)ccc2F)n1. The summed E-state index contributed by atoms with van der Waals surface area (Å²) in [6, 6.07) is 4.59. The van der Waals surface area contributed by atoms with E-state index < -0.39 is 0 Å². The van der Waals surface area contributed by atoms with E-state index in [1.54, 1.807) is 17.5 Å². The molecule has 0 saturated heterocycles. The average Bonchev–Trinajstić information content (AvgIpc) is 2.80. The summed E-state index contributed by atoms with van der Waals surface area (Å²) >= 11 is 9.91. The molecule has 2 rings (SSSR count). The van der Waals surface area contributed by atoms with Gasteiger partial charge < -0.3 is 0 Å². The van der Waals surface area contributed by atoms with Crippen molar-refractivity contribution in [3.63, 3.8) is 0 Å². The van der Waals surface area contributed by atoms with Gasteiger partial charge in [0.25, 0.3) is 0 Å². The lowest BCUT2D eigenvalue weighted by Gasteiger charge is -1.99. The van der Waals surface area contributed by atoms with E-state index in [0.717, 1.165) is 4.47 Å². The number of rotatable bonds is 3. The molecule has 1 heterocycles. The van der Waals surface area contributed by atoms with Gasteiger partial charge >= 0.3 is 0 Å². The monoisotopic (exact) mass is 333 g/mol. The van der Waals surface area contributed by atoms with E-state index in [1.807, 2.05) is 0 Å². The molecule has 0 radical (unpaired) electrons. The first kappa shape index (κ1) is 12.7. The summed E-state index contributed by atoms with van der Waals surface area (Å²) in [5.41, 5.74) is 0.650. The van der Waals surface area contributed by atoms with Crippen LogP contribution in [0.25, 0.3) is 10.6 Å². The molecule has 6 heteroatoms. The van der Waals surface area contributed by atoms with Gasteiger partial charge in [0, 0.05) is 15.4 Å². The van der Waals surface area contributed by atoms with Crippen LogP contribution in [0.1, 0.15) is 10.5 Å². The Hall–Kier alpha value is -0.780. The van der Waals surface area contributed by atoms with Crippen LogP contribution in [0.4, 0.5) is 4.39 Å². The third-order valence-corrected chi connectivity index (χ3v) is 3.68. The van der Waals surface area contributed by atoms with E-state index in [-0.39, 0.29) is 23.2 Å². The average molecular weight is 335 g/mol. The van der Waals surface area contributed by atoms with E-state index in [4.69, 9.17) is 11.6 Å². The zero-order chi connectivity index (χ0) is 12.4. The summed E-state index contributed by atoms with van der Waals surface area (Å²) in [4.78, 5) is 15.4. The maximum Gasteiger partial charge on any atom is 0.196 e. The summed E-state index contributed by atoms with van der Waals surface area (Å²) < 4.78 is 14.3. The van der Waals surface area contributed by atoms with E-state index in [0.29, 0.717) is 10.6 Å². The number of Topliss-reactive ketones (excluding diaryl/α,β-unsaturated/α-hetero) is 1. The van der Waals surface area contributed by atoms with E-state index in [9.17, 15) is 9.18 Å². The molecule has 1 aromatic heterocycles. The third-order valence-electron chi connectivity index (χ3n) is 2.07. The highest BCUT2D eigenvalue weighted by molar-refractivity contribution is 9.10. The predicted molar refractivity (Wildman–Crippen MR) is 70.3 cm³/mol. The second-order valence-electron chi connectivity index (χ2n) is 3.22. The Morgan fingerprint density at radius 3 is 3.00 bits per heavy atom. The molecular formula is C11H6BrClFNOS. The molecule has 0 atom stereocenters. The number of ketones is 1. The number of alkyl halides is 1. The molecule has 0 unspecified atom stereocenters. The largest absolute Gasteiger partial charge is 0.291 e. The van der Waals surface area contributed by atoms with Crippen LogP contribution in [0.5, 0.6) is 0 Å². The van der Waals surface area contributed by atoms with Crippen molar-refractivity contribution in [2.75, 3.05) is 5.88 Å². The highest BCUT2D eigenvalue weighted by Gasteiger charge is 2.13. The maximum absolute atomic E-state index is 13.6. The van der Waals surface area contributed by atoms with Gasteiger partial charge in [-0.25, -0.2) is 9.37 Å². The van der Waals surface area contributed by atoms with Crippen molar-refractivity contribution in [2.24, 2.45) is 0 Å². The number of hydrogen-bond donors (Lipinski definition) is 0. The van der Waals surface area contributed by atoms with Crippen LogP contribution in [0, 0.1) is 5.82 Å². The standard InChI is InChI=1S/C11H6BrClFNOS/c12-6-1-2-8(14)7(3-6)11-15-9(5-17-11)10(16)4-13/h1-3,5H,4H2. The van der Waals surface area contributed by atoms with Crippen LogP contribution in [-0.4, -0.2) is 16.6 Å². The molecule has 0 bridgehead atoms. The van der Waals surface area contributed by atoms with Crippen LogP contribution < -0.4 is 0 Å². The van der Waals surface area contributed by atoms with Crippen LogP contribution in [0.15, 0.2) is 28.1 Å². The van der Waals surface area contributed by atoms with E-state index in [1.165, 1.54) is 17.4 Å². The molecule has 0 aliphatic rings. The van der Waals surface area contributed by atoms with Gasteiger partial charge in [0.1, 0.15) is 16.5 Å². The molecular weight excluding hydrogens is 329 g/mol. The van der Waals surface area contributed by atoms with Crippen molar-refractivity contribution < 1.29 is 9.18 Å². The Bertz CT molecular complexity index is 572. The molecule has 0 fully saturated rings. The number of halogens is 3. The minimum absolute atomic E-state index is 0.121. The summed E-state index contributed by atoms with van der Waals surface area (Å²) in [6.07, 6.45) is 0. The van der Waals surface area contributed by atoms with E-state index >= 15 is 0 Å². The van der Waals surface area contributed by atoms with Crippen molar-refractivity contribution in [3.05, 3.63) is 39.6 Å². The number of carbonyl (C=O) groups is 1. The quantitative estimate of drug-likeness (QED) is 0.624. The topological polar surface area (TPSA) is 30.0 Å². The predicted octanol–water partition coefficient (Wildman–Crippen LogP) is 4.13. The first-order chi connectivity index (χ1) is 8.11. The highest BCUT2D eigenvalue weighted by Crippen LogP contribution is 2.29. The maximum atomic E-state index is 13.6. The molecule has 1 aromatic carbocycles. The smallest absolute Gasteiger partial charge is 0.196 e. The molecule has 0 aliphatic heterocycles. The van der Waals surface area contributed by atoms with Gasteiger partial charge in [0.2, 0.25) is 0 Å². The van der Waals surface area contributed by atoms with Gasteiger partial charge in [0.05, 0.1) is 5.88 Å². The van der Waals surface area contributed by atoms with Crippen molar-refractivity contribution in [1.29, 1.82) is 0 Å². The fraction of sp³-hybridized carbons (Fsp3) is 0.0909. The number of aromatic nitrogens is 1.